The van der Waals surface area contributed by atoms with Gasteiger partial charge >= 0.3 is 0 Å². The highest BCUT2D eigenvalue weighted by Gasteiger charge is 2.15. The van der Waals surface area contributed by atoms with E-state index in [0.29, 0.717) is 5.84 Å². The third-order valence-corrected chi connectivity index (χ3v) is 4.74. The summed E-state index contributed by atoms with van der Waals surface area (Å²) in [6.45, 7) is 0. The van der Waals surface area contributed by atoms with Crippen molar-refractivity contribution in [3.05, 3.63) is 126 Å². The van der Waals surface area contributed by atoms with Crippen LogP contribution in [-0.2, 0) is 0 Å². The second-order valence-electron chi connectivity index (χ2n) is 6.94. The lowest BCUT2D eigenvalue weighted by atomic mass is 10.2. The van der Waals surface area contributed by atoms with Crippen molar-refractivity contribution in [3.8, 4) is 5.75 Å². The van der Waals surface area contributed by atoms with Crippen molar-refractivity contribution in [2.75, 3.05) is 17.5 Å². The molecule has 5 nitrogen and oxygen atoms in total. The zero-order valence-corrected chi connectivity index (χ0v) is 17.8. The fourth-order valence-corrected chi connectivity index (χ4v) is 3.08. The maximum atomic E-state index is 5.25. The zero-order chi connectivity index (χ0) is 22.0. The molecule has 0 radical (unpaired) electrons. The minimum atomic E-state index is 0.672. The third-order valence-electron chi connectivity index (χ3n) is 4.74. The number of amidine groups is 1. The first kappa shape index (κ1) is 20.9. The Labute approximate surface area is 188 Å². The molecule has 5 heteroatoms. The number of ether oxygens (including phenoxy) is 1. The standard InChI is InChI=1S/C27H24N4O/c1-32-26-19-17-22(18-20-26)21-28-31(25-15-9-4-10-16-25)27(23-11-5-2-6-12-23)30-29-24-13-7-3-8-14-24/h2-21,29H,1H3/b28-21-,30-27+. The fourth-order valence-electron chi connectivity index (χ4n) is 3.08. The number of rotatable bonds is 7. The lowest BCUT2D eigenvalue weighted by molar-refractivity contribution is 0.415. The van der Waals surface area contributed by atoms with Gasteiger partial charge < -0.3 is 4.74 Å². The first-order valence-electron chi connectivity index (χ1n) is 10.3. The van der Waals surface area contributed by atoms with Crippen LogP contribution in [0.4, 0.5) is 11.4 Å². The maximum absolute atomic E-state index is 5.25. The second-order valence-corrected chi connectivity index (χ2v) is 6.94. The van der Waals surface area contributed by atoms with Crippen molar-refractivity contribution in [2.24, 2.45) is 10.2 Å². The summed E-state index contributed by atoms with van der Waals surface area (Å²) in [5, 5.41) is 11.4. The van der Waals surface area contributed by atoms with Crippen LogP contribution in [0.15, 0.2) is 125 Å². The molecule has 0 heterocycles. The van der Waals surface area contributed by atoms with Gasteiger partial charge in [0.25, 0.3) is 0 Å². The molecule has 0 aliphatic carbocycles. The Morgan fingerprint density at radius 1 is 0.750 bits per heavy atom. The van der Waals surface area contributed by atoms with E-state index >= 15 is 0 Å². The van der Waals surface area contributed by atoms with Gasteiger partial charge in [-0.15, -0.1) is 0 Å². The molecule has 0 amide bonds. The van der Waals surface area contributed by atoms with Gasteiger partial charge in [0.1, 0.15) is 5.75 Å². The predicted molar refractivity (Wildman–Crippen MR) is 133 cm³/mol. The number of nitrogens with zero attached hydrogens (tertiary/aromatic N) is 3. The van der Waals surface area contributed by atoms with Gasteiger partial charge in [0.2, 0.25) is 0 Å². The van der Waals surface area contributed by atoms with E-state index in [1.807, 2.05) is 126 Å². The Bertz CT molecular complexity index is 1160. The van der Waals surface area contributed by atoms with Crippen LogP contribution in [-0.4, -0.2) is 19.2 Å². The summed E-state index contributed by atoms with van der Waals surface area (Å²) in [5.41, 5.74) is 6.85. The van der Waals surface area contributed by atoms with Gasteiger partial charge in [0.05, 0.1) is 24.7 Å². The van der Waals surface area contributed by atoms with Gasteiger partial charge in [0, 0.05) is 5.56 Å². The highest BCUT2D eigenvalue weighted by Crippen LogP contribution is 2.19. The van der Waals surface area contributed by atoms with Crippen molar-refractivity contribution >= 4 is 23.4 Å². The number of para-hydroxylation sites is 2. The van der Waals surface area contributed by atoms with Crippen molar-refractivity contribution in [1.29, 1.82) is 0 Å². The lowest BCUT2D eigenvalue weighted by Gasteiger charge is -2.21. The van der Waals surface area contributed by atoms with Crippen LogP contribution in [0.2, 0.25) is 0 Å². The molecule has 0 aliphatic heterocycles. The van der Waals surface area contributed by atoms with E-state index in [9.17, 15) is 0 Å². The minimum absolute atomic E-state index is 0.672. The molecule has 0 atom stereocenters. The van der Waals surface area contributed by atoms with Crippen LogP contribution >= 0.6 is 0 Å². The lowest BCUT2D eigenvalue weighted by Crippen LogP contribution is -2.28. The van der Waals surface area contributed by atoms with Crippen LogP contribution in [0.25, 0.3) is 0 Å². The first-order valence-corrected chi connectivity index (χ1v) is 10.3. The molecule has 4 aromatic rings. The number of nitrogens with one attached hydrogen (secondary N) is 1. The Kier molecular flexibility index (Phi) is 6.91. The van der Waals surface area contributed by atoms with Gasteiger partial charge in [-0.05, 0) is 54.1 Å². The molecule has 0 spiro atoms. The molecular weight excluding hydrogens is 396 g/mol. The zero-order valence-electron chi connectivity index (χ0n) is 17.8. The van der Waals surface area contributed by atoms with Gasteiger partial charge in [-0.3, -0.25) is 5.43 Å². The summed E-state index contributed by atoms with van der Waals surface area (Å²) in [7, 11) is 1.66. The number of hydrazone groups is 2. The molecule has 0 saturated carbocycles. The van der Waals surface area contributed by atoms with E-state index in [4.69, 9.17) is 14.9 Å². The summed E-state index contributed by atoms with van der Waals surface area (Å²) >= 11 is 0. The Morgan fingerprint density at radius 3 is 1.97 bits per heavy atom. The fraction of sp³-hybridized carbons (Fsp3) is 0.0370. The molecule has 0 fully saturated rings. The summed E-state index contributed by atoms with van der Waals surface area (Å²) in [4.78, 5) is 0. The van der Waals surface area contributed by atoms with Gasteiger partial charge in [0.15, 0.2) is 5.84 Å². The number of hydrogen-bond donors (Lipinski definition) is 1. The number of benzene rings is 4. The third kappa shape index (κ3) is 5.40. The molecular formula is C27H24N4O. The topological polar surface area (TPSA) is 49.2 Å². The van der Waals surface area contributed by atoms with Crippen LogP contribution in [0.3, 0.4) is 0 Å². The molecule has 0 aliphatic rings. The average molecular weight is 421 g/mol. The average Bonchev–Trinajstić information content (AvgIpc) is 2.88. The van der Waals surface area contributed by atoms with E-state index in [0.717, 1.165) is 28.3 Å². The van der Waals surface area contributed by atoms with E-state index < -0.39 is 0 Å². The van der Waals surface area contributed by atoms with Gasteiger partial charge in [-0.2, -0.15) is 10.2 Å². The smallest absolute Gasteiger partial charge is 0.181 e. The molecule has 0 unspecified atom stereocenters. The predicted octanol–water partition coefficient (Wildman–Crippen LogP) is 6.01. The molecule has 0 aromatic heterocycles. The monoisotopic (exact) mass is 420 g/mol. The maximum Gasteiger partial charge on any atom is 0.181 e. The number of anilines is 2. The SMILES string of the molecule is COc1ccc(/C=N\N(/C(=N/Nc2ccccc2)c2ccccc2)c2ccccc2)cc1. The molecule has 4 aromatic carbocycles. The van der Waals surface area contributed by atoms with Crippen LogP contribution in [0, 0.1) is 0 Å². The van der Waals surface area contributed by atoms with Crippen molar-refractivity contribution in [2.45, 2.75) is 0 Å². The van der Waals surface area contributed by atoms with Crippen LogP contribution in [0.1, 0.15) is 11.1 Å². The Morgan fingerprint density at radius 2 is 1.34 bits per heavy atom. The van der Waals surface area contributed by atoms with Crippen LogP contribution in [0.5, 0.6) is 5.75 Å². The summed E-state index contributed by atoms with van der Waals surface area (Å²) in [6.07, 6.45) is 1.81. The molecule has 4 rings (SSSR count). The second kappa shape index (κ2) is 10.6. The van der Waals surface area contributed by atoms with E-state index in [2.05, 4.69) is 5.43 Å². The molecule has 1 N–H and O–H groups in total. The highest BCUT2D eigenvalue weighted by atomic mass is 16.5. The number of methoxy groups -OCH3 is 1. The Hall–Kier alpha value is -4.38. The summed E-state index contributed by atoms with van der Waals surface area (Å²) < 4.78 is 5.25. The summed E-state index contributed by atoms with van der Waals surface area (Å²) in [6, 6.07) is 37.6. The quantitative estimate of drug-likeness (QED) is 0.226. The molecule has 158 valence electrons. The largest absolute Gasteiger partial charge is 0.497 e. The Balaban J connectivity index is 1.74. The molecule has 0 bridgehead atoms. The summed E-state index contributed by atoms with van der Waals surface area (Å²) in [5.74, 6) is 1.48. The normalized spacial score (nSPS) is 11.3. The molecule has 32 heavy (non-hydrogen) atoms. The molecule has 0 saturated heterocycles. The van der Waals surface area contributed by atoms with Crippen molar-refractivity contribution in [3.63, 3.8) is 0 Å². The highest BCUT2D eigenvalue weighted by molar-refractivity contribution is 6.10. The van der Waals surface area contributed by atoms with E-state index in [-0.39, 0.29) is 0 Å². The van der Waals surface area contributed by atoms with Gasteiger partial charge in [-0.1, -0.05) is 66.7 Å². The first-order chi connectivity index (χ1) is 15.8. The van der Waals surface area contributed by atoms with Crippen molar-refractivity contribution in [1.82, 2.24) is 0 Å². The van der Waals surface area contributed by atoms with Gasteiger partial charge in [-0.25, -0.2) is 5.01 Å². The van der Waals surface area contributed by atoms with Crippen LogP contribution < -0.4 is 15.2 Å². The van der Waals surface area contributed by atoms with E-state index in [1.165, 1.54) is 0 Å². The van der Waals surface area contributed by atoms with E-state index in [1.54, 1.807) is 7.11 Å². The number of hydrogen-bond acceptors (Lipinski definition) is 4. The minimum Gasteiger partial charge on any atom is -0.497 e. The van der Waals surface area contributed by atoms with Crippen molar-refractivity contribution < 1.29 is 4.74 Å².